The predicted octanol–water partition coefficient (Wildman–Crippen LogP) is 9.54. The Kier molecular flexibility index (Phi) is 10.5. The highest BCUT2D eigenvalue weighted by Crippen LogP contribution is 2.67. The molecule has 0 spiro atoms. The second-order valence-corrected chi connectivity index (χ2v) is 17.9. The first-order valence-corrected chi connectivity index (χ1v) is 20.7. The summed E-state index contributed by atoms with van der Waals surface area (Å²) in [4.78, 5) is 38.0. The molecule has 10 nitrogen and oxygen atoms in total. The molecule has 2 aliphatic heterocycles. The molecule has 4 aromatic carbocycles. The summed E-state index contributed by atoms with van der Waals surface area (Å²) in [7, 11) is 0. The highest BCUT2D eigenvalue weighted by atomic mass is 16.6. The van der Waals surface area contributed by atoms with Crippen molar-refractivity contribution in [3.63, 3.8) is 0 Å². The second-order valence-electron chi connectivity index (χ2n) is 17.9. The number of esters is 2. The molecule has 0 radical (unpaired) electrons. The van der Waals surface area contributed by atoms with Crippen LogP contribution in [0.2, 0.25) is 0 Å². The third kappa shape index (κ3) is 7.14. The van der Waals surface area contributed by atoms with Crippen molar-refractivity contribution in [3.05, 3.63) is 154 Å². The third-order valence-corrected chi connectivity index (χ3v) is 14.0. The summed E-state index contributed by atoms with van der Waals surface area (Å²) < 4.78 is 32.6. The van der Waals surface area contributed by atoms with Crippen molar-refractivity contribution in [1.29, 1.82) is 0 Å². The number of hydrogen-bond donors (Lipinski definition) is 0. The van der Waals surface area contributed by atoms with E-state index in [1.165, 1.54) is 24.3 Å². The summed E-state index contributed by atoms with van der Waals surface area (Å²) in [5.41, 5.74) is -0.362. The quantitative estimate of drug-likeness (QED) is 0.0597. The first kappa shape index (κ1) is 40.5. The van der Waals surface area contributed by atoms with E-state index in [0.717, 1.165) is 36.0 Å². The van der Waals surface area contributed by atoms with Gasteiger partial charge in [0.15, 0.2) is 5.60 Å². The van der Waals surface area contributed by atoms with Crippen LogP contribution in [0.5, 0.6) is 5.75 Å². The zero-order chi connectivity index (χ0) is 41.6. The van der Waals surface area contributed by atoms with E-state index in [1.54, 1.807) is 13.8 Å². The number of benzene rings is 4. The van der Waals surface area contributed by atoms with Gasteiger partial charge < -0.3 is 23.7 Å². The van der Waals surface area contributed by atoms with Crippen molar-refractivity contribution < 1.29 is 38.2 Å². The van der Waals surface area contributed by atoms with E-state index in [-0.39, 0.29) is 48.2 Å². The van der Waals surface area contributed by atoms with Crippen molar-refractivity contribution >= 4 is 17.6 Å². The lowest BCUT2D eigenvalue weighted by molar-refractivity contribution is -0.384. The van der Waals surface area contributed by atoms with E-state index in [1.807, 2.05) is 60.7 Å². The first-order valence-electron chi connectivity index (χ1n) is 20.7. The van der Waals surface area contributed by atoms with E-state index >= 15 is 0 Å². The predicted molar refractivity (Wildman–Crippen MR) is 221 cm³/mol. The van der Waals surface area contributed by atoms with Crippen LogP contribution in [0, 0.1) is 32.8 Å². The summed E-state index contributed by atoms with van der Waals surface area (Å²) >= 11 is 0. The van der Waals surface area contributed by atoms with Gasteiger partial charge in [-0.1, -0.05) is 105 Å². The zero-order valence-corrected chi connectivity index (χ0v) is 34.4. The molecule has 7 atom stereocenters. The minimum atomic E-state index is -1.41. The number of cyclic esters (lactones) is 1. The summed E-state index contributed by atoms with van der Waals surface area (Å²) in [6.45, 7) is 10.6. The molecule has 10 heteroatoms. The SMILES string of the molecule is CC(C)(Oc1ccc([N+](=O)[O-])cc1)C(=O)O[C@@H]1CC[C@@]2(C)C3CC(C4=CCOC4=O)O[C@]3(C)CC[C@@H]2[C@]1(C)COC(c1ccccc1)(c1ccccc1)c1ccccc1. The average Bonchev–Trinajstić information content (AvgIpc) is 3.83. The maximum atomic E-state index is 14.4. The molecule has 0 aromatic heterocycles. The van der Waals surface area contributed by atoms with Gasteiger partial charge in [-0.25, -0.2) is 9.59 Å². The Morgan fingerprint density at radius 2 is 1.39 bits per heavy atom. The molecule has 3 fully saturated rings. The Balaban J connectivity index is 1.18. The molecule has 0 amide bonds. The van der Waals surface area contributed by atoms with Gasteiger partial charge in [0.2, 0.25) is 0 Å². The fourth-order valence-corrected chi connectivity index (χ4v) is 11.0. The molecule has 2 unspecified atom stereocenters. The lowest BCUT2D eigenvalue weighted by Crippen LogP contribution is -2.63. The molecule has 0 bridgehead atoms. The van der Waals surface area contributed by atoms with Crippen molar-refractivity contribution in [2.45, 2.75) is 95.7 Å². The van der Waals surface area contributed by atoms with Crippen LogP contribution in [0.25, 0.3) is 0 Å². The van der Waals surface area contributed by atoms with E-state index in [2.05, 4.69) is 57.2 Å². The Morgan fingerprint density at radius 1 is 0.814 bits per heavy atom. The molecule has 4 aliphatic rings. The average molecular weight is 800 g/mol. The van der Waals surface area contributed by atoms with Gasteiger partial charge in [-0.3, -0.25) is 10.1 Å². The van der Waals surface area contributed by atoms with Crippen molar-refractivity contribution in [1.82, 2.24) is 0 Å². The Hall–Kier alpha value is -5.32. The summed E-state index contributed by atoms with van der Waals surface area (Å²) in [5, 5.41) is 11.3. The number of non-ortho nitro benzene ring substituents is 1. The number of nitro groups is 1. The van der Waals surface area contributed by atoms with Gasteiger partial charge in [0.05, 0.1) is 28.8 Å². The molecule has 1 saturated heterocycles. The smallest absolute Gasteiger partial charge is 0.350 e. The monoisotopic (exact) mass is 799 g/mol. The molecular weight excluding hydrogens is 747 g/mol. The van der Waals surface area contributed by atoms with Crippen LogP contribution in [0.4, 0.5) is 5.69 Å². The number of nitro benzene ring substituents is 1. The van der Waals surface area contributed by atoms with Crippen LogP contribution in [0.1, 0.15) is 83.4 Å². The number of rotatable bonds is 12. The van der Waals surface area contributed by atoms with E-state index in [0.29, 0.717) is 24.2 Å². The highest BCUT2D eigenvalue weighted by Gasteiger charge is 2.66. The van der Waals surface area contributed by atoms with Crippen LogP contribution in [-0.4, -0.2) is 53.5 Å². The van der Waals surface area contributed by atoms with Crippen molar-refractivity contribution in [3.8, 4) is 5.75 Å². The second kappa shape index (κ2) is 15.4. The molecule has 8 rings (SSSR count). The first-order chi connectivity index (χ1) is 28.2. The Labute approximate surface area is 346 Å². The number of carbonyl (C=O) groups excluding carboxylic acids is 2. The van der Waals surface area contributed by atoms with E-state index in [4.69, 9.17) is 23.7 Å². The number of carbonyl (C=O) groups is 2. The van der Waals surface area contributed by atoms with Gasteiger partial charge >= 0.3 is 11.9 Å². The number of ether oxygens (including phenoxy) is 5. The van der Waals surface area contributed by atoms with Crippen LogP contribution in [0.3, 0.4) is 0 Å². The number of nitrogens with zero attached hydrogens (tertiary/aromatic N) is 1. The van der Waals surface area contributed by atoms with Crippen LogP contribution >= 0.6 is 0 Å². The number of hydrogen-bond acceptors (Lipinski definition) is 9. The van der Waals surface area contributed by atoms with Crippen LogP contribution < -0.4 is 4.74 Å². The van der Waals surface area contributed by atoms with Crippen molar-refractivity contribution in [2.75, 3.05) is 13.2 Å². The lowest BCUT2D eigenvalue weighted by atomic mass is 9.44. The maximum absolute atomic E-state index is 14.4. The Morgan fingerprint density at radius 3 is 1.92 bits per heavy atom. The van der Waals surface area contributed by atoms with Gasteiger partial charge in [0.25, 0.3) is 5.69 Å². The van der Waals surface area contributed by atoms with Gasteiger partial charge in [-0.15, -0.1) is 0 Å². The van der Waals surface area contributed by atoms with Gasteiger partial charge in [0, 0.05) is 17.5 Å². The number of fused-ring (bicyclic) bond motifs is 3. The van der Waals surface area contributed by atoms with Gasteiger partial charge in [0.1, 0.15) is 24.1 Å². The maximum Gasteiger partial charge on any atom is 0.350 e. The normalized spacial score (nSPS) is 29.1. The molecule has 2 aliphatic carbocycles. The molecule has 308 valence electrons. The molecule has 59 heavy (non-hydrogen) atoms. The fraction of sp³-hybridized carbons (Fsp3) is 0.429. The summed E-state index contributed by atoms with van der Waals surface area (Å²) in [6, 6.07) is 36.5. The van der Waals surface area contributed by atoms with E-state index < -0.39 is 39.2 Å². The molecule has 2 saturated carbocycles. The molecular formula is C49H53NO9. The topological polar surface area (TPSA) is 123 Å². The van der Waals surface area contributed by atoms with Crippen LogP contribution in [0.15, 0.2) is 127 Å². The Bertz CT molecular complexity index is 2110. The molecule has 2 heterocycles. The molecule has 0 N–H and O–H groups in total. The van der Waals surface area contributed by atoms with E-state index in [9.17, 15) is 19.7 Å². The fourth-order valence-electron chi connectivity index (χ4n) is 11.0. The highest BCUT2D eigenvalue weighted by molar-refractivity contribution is 5.91. The largest absolute Gasteiger partial charge is 0.476 e. The minimum absolute atomic E-state index is 0.0326. The minimum Gasteiger partial charge on any atom is -0.476 e. The summed E-state index contributed by atoms with van der Waals surface area (Å²) in [5.74, 6) is -0.363. The lowest BCUT2D eigenvalue weighted by Gasteiger charge is -2.62. The van der Waals surface area contributed by atoms with Crippen LogP contribution in [-0.2, 0) is 34.1 Å². The standard InChI is InChI=1S/C49H53NO9/c1-45(2,58-37-23-21-36(22-24-37)50(53)54)44(52)57-42-26-28-46(3)40(25-29-48(5)41(46)31-39(59-48)38-27-30-55-43(38)51)47(42,4)32-56-49(33-15-9-6-10-16-33,34-17-11-7-12-18-34)35-19-13-8-14-20-35/h6-24,27,39-42H,25-26,28-32H2,1-5H3/t39?,40-,41?,42+,46+,47-,48+/m0/s1. The third-order valence-electron chi connectivity index (χ3n) is 14.0. The summed E-state index contributed by atoms with van der Waals surface area (Å²) in [6.07, 6.45) is 4.58. The zero-order valence-electron chi connectivity index (χ0n) is 34.4. The van der Waals surface area contributed by atoms with Crippen molar-refractivity contribution in [2.24, 2.45) is 22.7 Å². The molecule has 4 aromatic rings. The van der Waals surface area contributed by atoms with Gasteiger partial charge in [-0.05, 0) is 105 Å². The van der Waals surface area contributed by atoms with Gasteiger partial charge in [-0.2, -0.15) is 0 Å².